The van der Waals surface area contributed by atoms with Crippen LogP contribution in [0.2, 0.25) is 0 Å². The number of fused-ring (bicyclic) bond motifs is 1. The van der Waals surface area contributed by atoms with E-state index in [2.05, 4.69) is 4.98 Å². The predicted molar refractivity (Wildman–Crippen MR) is 74.8 cm³/mol. The van der Waals surface area contributed by atoms with Crippen molar-refractivity contribution in [3.63, 3.8) is 0 Å². The molecule has 1 unspecified atom stereocenters. The Morgan fingerprint density at radius 1 is 1.36 bits per heavy atom. The summed E-state index contributed by atoms with van der Waals surface area (Å²) in [5.74, 6) is 0.603. The second kappa shape index (κ2) is 5.55. The third kappa shape index (κ3) is 2.54. The van der Waals surface area contributed by atoms with Crippen molar-refractivity contribution in [3.8, 4) is 5.75 Å². The Kier molecular flexibility index (Phi) is 3.58. The minimum Gasteiger partial charge on any atom is -0.480 e. The lowest BCUT2D eigenvalue weighted by molar-refractivity contribution is -0.384. The number of rotatable bonds is 3. The fraction of sp³-hybridized carbons (Fsp3) is 0.214. The van der Waals surface area contributed by atoms with E-state index in [-0.39, 0.29) is 18.0 Å². The minimum atomic E-state index is -2.67. The lowest BCUT2D eigenvalue weighted by Gasteiger charge is -2.35. The van der Waals surface area contributed by atoms with Gasteiger partial charge in [0.25, 0.3) is 12.1 Å². The molecule has 0 fully saturated rings. The van der Waals surface area contributed by atoms with Gasteiger partial charge in [-0.25, -0.2) is 13.8 Å². The zero-order chi connectivity index (χ0) is 15.7. The molecule has 0 saturated carbocycles. The Bertz CT molecular complexity index is 697. The standard InChI is InChI=1S/C14H11F2N3O3/c15-14(16)12-8-18(13-3-1-2-6-17-13)10-7-9(19(20)21)4-5-11(10)22-12/h1-7,12,14H,8H2. The molecule has 0 saturated heterocycles. The van der Waals surface area contributed by atoms with Gasteiger partial charge in [0.05, 0.1) is 17.2 Å². The van der Waals surface area contributed by atoms with Crippen LogP contribution in [0.1, 0.15) is 0 Å². The number of hydrogen-bond acceptors (Lipinski definition) is 5. The normalized spacial score (nSPS) is 17.0. The van der Waals surface area contributed by atoms with Crippen molar-refractivity contribution >= 4 is 17.2 Å². The fourth-order valence-electron chi connectivity index (χ4n) is 2.27. The Labute approximate surface area is 124 Å². The molecule has 0 N–H and O–H groups in total. The quantitative estimate of drug-likeness (QED) is 0.643. The highest BCUT2D eigenvalue weighted by Gasteiger charge is 2.34. The van der Waals surface area contributed by atoms with E-state index in [1.54, 1.807) is 18.2 Å². The van der Waals surface area contributed by atoms with Gasteiger partial charge in [-0.1, -0.05) is 6.07 Å². The van der Waals surface area contributed by atoms with E-state index in [9.17, 15) is 18.9 Å². The number of nitro benzene ring substituents is 1. The molecule has 1 aliphatic heterocycles. The van der Waals surface area contributed by atoms with Gasteiger partial charge >= 0.3 is 0 Å². The molecule has 8 heteroatoms. The van der Waals surface area contributed by atoms with Crippen LogP contribution in [0.4, 0.5) is 26.0 Å². The van der Waals surface area contributed by atoms with Gasteiger partial charge in [0, 0.05) is 18.3 Å². The van der Waals surface area contributed by atoms with Gasteiger partial charge in [0.2, 0.25) is 0 Å². The first-order valence-electron chi connectivity index (χ1n) is 6.48. The second-order valence-corrected chi connectivity index (χ2v) is 4.70. The zero-order valence-electron chi connectivity index (χ0n) is 11.2. The molecule has 0 aliphatic carbocycles. The number of pyridine rings is 1. The highest BCUT2D eigenvalue weighted by molar-refractivity contribution is 5.71. The predicted octanol–water partition coefficient (Wildman–Crippen LogP) is 3.15. The average Bonchev–Trinajstić information content (AvgIpc) is 2.54. The fourth-order valence-corrected chi connectivity index (χ4v) is 2.27. The summed E-state index contributed by atoms with van der Waals surface area (Å²) in [5.41, 5.74) is 0.212. The number of aromatic nitrogens is 1. The SMILES string of the molecule is O=[N+]([O-])c1ccc2c(c1)N(c1ccccn1)CC(C(F)F)O2. The molecular weight excluding hydrogens is 296 g/mol. The molecule has 0 spiro atoms. The number of anilines is 2. The molecule has 22 heavy (non-hydrogen) atoms. The van der Waals surface area contributed by atoms with Gasteiger partial charge < -0.3 is 9.64 Å². The van der Waals surface area contributed by atoms with Crippen molar-refractivity contribution in [2.24, 2.45) is 0 Å². The average molecular weight is 307 g/mol. The summed E-state index contributed by atoms with van der Waals surface area (Å²) in [4.78, 5) is 16.0. The van der Waals surface area contributed by atoms with Crippen LogP contribution in [-0.4, -0.2) is 29.0 Å². The van der Waals surface area contributed by atoms with Crippen LogP contribution in [0.25, 0.3) is 0 Å². The minimum absolute atomic E-state index is 0.136. The van der Waals surface area contributed by atoms with E-state index in [0.717, 1.165) is 0 Å². The lowest BCUT2D eigenvalue weighted by Crippen LogP contribution is -2.42. The van der Waals surface area contributed by atoms with Crippen LogP contribution >= 0.6 is 0 Å². The first kappa shape index (κ1) is 14.2. The zero-order valence-corrected chi connectivity index (χ0v) is 11.2. The number of alkyl halides is 2. The van der Waals surface area contributed by atoms with Gasteiger partial charge in [-0.2, -0.15) is 0 Å². The van der Waals surface area contributed by atoms with Crippen LogP contribution in [0.5, 0.6) is 5.75 Å². The van der Waals surface area contributed by atoms with E-state index >= 15 is 0 Å². The number of non-ortho nitro benzene ring substituents is 1. The Hall–Kier alpha value is -2.77. The van der Waals surface area contributed by atoms with Crippen molar-refractivity contribution in [1.82, 2.24) is 4.98 Å². The molecule has 114 valence electrons. The number of nitro groups is 1. The Balaban J connectivity index is 2.09. The second-order valence-electron chi connectivity index (χ2n) is 4.70. The van der Waals surface area contributed by atoms with E-state index in [1.807, 2.05) is 0 Å². The number of nitrogens with zero attached hydrogens (tertiary/aromatic N) is 3. The highest BCUT2D eigenvalue weighted by Crippen LogP contribution is 2.40. The largest absolute Gasteiger partial charge is 0.480 e. The smallest absolute Gasteiger partial charge is 0.276 e. The number of hydrogen-bond donors (Lipinski definition) is 0. The van der Waals surface area contributed by atoms with Gasteiger partial charge in [-0.05, 0) is 18.2 Å². The molecule has 2 heterocycles. The van der Waals surface area contributed by atoms with Gasteiger partial charge in [-0.3, -0.25) is 10.1 Å². The van der Waals surface area contributed by atoms with E-state index in [0.29, 0.717) is 11.5 Å². The maximum atomic E-state index is 13.0. The van der Waals surface area contributed by atoms with Gasteiger partial charge in [-0.15, -0.1) is 0 Å². The van der Waals surface area contributed by atoms with Crippen molar-refractivity contribution < 1.29 is 18.4 Å². The molecule has 6 nitrogen and oxygen atoms in total. The maximum absolute atomic E-state index is 13.0. The first-order valence-corrected chi connectivity index (χ1v) is 6.48. The van der Waals surface area contributed by atoms with E-state index in [4.69, 9.17) is 4.74 Å². The third-order valence-corrected chi connectivity index (χ3v) is 3.29. The van der Waals surface area contributed by atoms with Crippen LogP contribution in [0.15, 0.2) is 42.6 Å². The summed E-state index contributed by atoms with van der Waals surface area (Å²) in [7, 11) is 0. The van der Waals surface area contributed by atoms with Crippen LogP contribution in [0, 0.1) is 10.1 Å². The first-order chi connectivity index (χ1) is 10.6. The third-order valence-electron chi connectivity index (χ3n) is 3.29. The van der Waals surface area contributed by atoms with Gasteiger partial charge in [0.15, 0.2) is 6.10 Å². The van der Waals surface area contributed by atoms with E-state index in [1.165, 1.54) is 29.3 Å². The molecule has 1 aromatic heterocycles. The number of halogens is 2. The van der Waals surface area contributed by atoms with Crippen LogP contribution < -0.4 is 9.64 Å². The molecule has 1 atom stereocenters. The molecule has 1 aliphatic rings. The summed E-state index contributed by atoms with van der Waals surface area (Å²) >= 11 is 0. The van der Waals surface area contributed by atoms with Crippen molar-refractivity contribution in [2.45, 2.75) is 12.5 Å². The van der Waals surface area contributed by atoms with Crippen molar-refractivity contribution in [1.29, 1.82) is 0 Å². The summed E-state index contributed by atoms with van der Waals surface area (Å²) in [6.07, 6.45) is -2.47. The van der Waals surface area contributed by atoms with Gasteiger partial charge in [0.1, 0.15) is 11.6 Å². The molecule has 1 aromatic carbocycles. The molecule has 0 bridgehead atoms. The number of ether oxygens (including phenoxy) is 1. The van der Waals surface area contributed by atoms with E-state index < -0.39 is 17.5 Å². The van der Waals surface area contributed by atoms with Crippen molar-refractivity contribution in [2.75, 3.05) is 11.4 Å². The maximum Gasteiger partial charge on any atom is 0.276 e. The summed E-state index contributed by atoms with van der Waals surface area (Å²) in [6.45, 7) is -0.136. The number of benzene rings is 1. The monoisotopic (exact) mass is 307 g/mol. The molecule has 0 radical (unpaired) electrons. The molecule has 0 amide bonds. The Morgan fingerprint density at radius 3 is 2.82 bits per heavy atom. The molecular formula is C14H11F2N3O3. The van der Waals surface area contributed by atoms with Crippen LogP contribution in [-0.2, 0) is 0 Å². The molecule has 2 aromatic rings. The van der Waals surface area contributed by atoms with Crippen molar-refractivity contribution in [3.05, 3.63) is 52.7 Å². The highest BCUT2D eigenvalue weighted by atomic mass is 19.3. The van der Waals surface area contributed by atoms with Crippen LogP contribution in [0.3, 0.4) is 0 Å². The Morgan fingerprint density at radius 2 is 2.18 bits per heavy atom. The molecule has 3 rings (SSSR count). The topological polar surface area (TPSA) is 68.5 Å². The summed E-state index contributed by atoms with van der Waals surface area (Å²) < 4.78 is 31.3. The summed E-state index contributed by atoms with van der Waals surface area (Å²) in [5, 5.41) is 10.9. The summed E-state index contributed by atoms with van der Waals surface area (Å²) in [6, 6.07) is 8.92. The lowest BCUT2D eigenvalue weighted by atomic mass is 10.1.